The molecule has 0 radical (unpaired) electrons. The first-order valence-corrected chi connectivity index (χ1v) is 5.01. The summed E-state index contributed by atoms with van der Waals surface area (Å²) >= 11 is 5.47. The van der Waals surface area contributed by atoms with E-state index in [4.69, 9.17) is 16.9 Å². The maximum Gasteiger partial charge on any atom is 0.127 e. The Bertz CT molecular complexity index is 437. The van der Waals surface area contributed by atoms with Crippen LogP contribution in [0.25, 0.3) is 0 Å². The standard InChI is InChI=1S/C12H9ClFN/c13-7-2-1-3-10-4-5-12(14)11(9-10)6-8-15/h4-5,9H,2,6-7H2. The van der Waals surface area contributed by atoms with Crippen LogP contribution in [-0.4, -0.2) is 5.88 Å². The molecule has 0 amide bonds. The predicted octanol–water partition coefficient (Wildman–Crippen LogP) is 2.87. The summed E-state index contributed by atoms with van der Waals surface area (Å²) < 4.78 is 13.1. The van der Waals surface area contributed by atoms with Crippen molar-refractivity contribution in [2.75, 3.05) is 5.88 Å². The van der Waals surface area contributed by atoms with Crippen LogP contribution in [0.2, 0.25) is 0 Å². The van der Waals surface area contributed by atoms with Crippen LogP contribution in [0.3, 0.4) is 0 Å². The SMILES string of the molecule is N#CCc1cc(C#CCCCl)ccc1F. The number of halogens is 2. The third-order valence-corrected chi connectivity index (χ3v) is 1.96. The van der Waals surface area contributed by atoms with Crippen molar-refractivity contribution in [3.05, 3.63) is 35.1 Å². The van der Waals surface area contributed by atoms with Gasteiger partial charge in [-0.2, -0.15) is 5.26 Å². The topological polar surface area (TPSA) is 23.8 Å². The van der Waals surface area contributed by atoms with E-state index in [-0.39, 0.29) is 12.2 Å². The highest BCUT2D eigenvalue weighted by atomic mass is 35.5. The molecule has 0 aliphatic rings. The molecular formula is C12H9ClFN. The minimum absolute atomic E-state index is 0.0663. The third kappa shape index (κ3) is 3.62. The number of nitriles is 1. The van der Waals surface area contributed by atoms with Gasteiger partial charge in [0.2, 0.25) is 0 Å². The molecule has 0 saturated heterocycles. The Kier molecular flexibility index (Phi) is 4.68. The number of nitrogens with zero attached hydrogens (tertiary/aromatic N) is 1. The Morgan fingerprint density at radius 2 is 2.20 bits per heavy atom. The lowest BCUT2D eigenvalue weighted by Crippen LogP contribution is -1.89. The zero-order valence-corrected chi connectivity index (χ0v) is 8.81. The van der Waals surface area contributed by atoms with Gasteiger partial charge < -0.3 is 0 Å². The Labute approximate surface area is 93.5 Å². The van der Waals surface area contributed by atoms with Crippen molar-refractivity contribution in [3.8, 4) is 17.9 Å². The lowest BCUT2D eigenvalue weighted by atomic mass is 10.1. The van der Waals surface area contributed by atoms with E-state index in [0.717, 1.165) is 0 Å². The van der Waals surface area contributed by atoms with Crippen molar-refractivity contribution in [2.45, 2.75) is 12.8 Å². The van der Waals surface area contributed by atoms with E-state index in [1.54, 1.807) is 12.1 Å². The van der Waals surface area contributed by atoms with Crippen LogP contribution >= 0.6 is 11.6 Å². The minimum Gasteiger partial charge on any atom is -0.207 e. The maximum atomic E-state index is 13.1. The lowest BCUT2D eigenvalue weighted by molar-refractivity contribution is 0.615. The van der Waals surface area contributed by atoms with Crippen LogP contribution in [-0.2, 0) is 6.42 Å². The zero-order chi connectivity index (χ0) is 11.1. The van der Waals surface area contributed by atoms with Crippen LogP contribution in [0, 0.1) is 29.0 Å². The predicted molar refractivity (Wildman–Crippen MR) is 57.9 cm³/mol. The number of benzene rings is 1. The molecule has 1 nitrogen and oxygen atoms in total. The normalized spacial score (nSPS) is 8.87. The largest absolute Gasteiger partial charge is 0.207 e. The molecule has 0 unspecified atom stereocenters. The summed E-state index contributed by atoms with van der Waals surface area (Å²) in [6.45, 7) is 0. The molecule has 0 aromatic heterocycles. The molecule has 3 heteroatoms. The van der Waals surface area contributed by atoms with Gasteiger partial charge in [0.05, 0.1) is 12.5 Å². The second kappa shape index (κ2) is 6.06. The Hall–Kier alpha value is -1.51. The number of hydrogen-bond donors (Lipinski definition) is 0. The first-order chi connectivity index (χ1) is 7.27. The fraction of sp³-hybridized carbons (Fsp3) is 0.250. The number of rotatable bonds is 2. The van der Waals surface area contributed by atoms with Gasteiger partial charge in [-0.1, -0.05) is 11.8 Å². The highest BCUT2D eigenvalue weighted by Gasteiger charge is 2.01. The fourth-order valence-corrected chi connectivity index (χ4v) is 1.18. The fourth-order valence-electron chi connectivity index (χ4n) is 1.08. The molecule has 1 aromatic carbocycles. The summed E-state index contributed by atoms with van der Waals surface area (Å²) in [5, 5.41) is 8.48. The van der Waals surface area contributed by atoms with Crippen molar-refractivity contribution in [1.82, 2.24) is 0 Å². The van der Waals surface area contributed by atoms with Crippen LogP contribution in [0.4, 0.5) is 4.39 Å². The molecule has 1 rings (SSSR count). The van der Waals surface area contributed by atoms with Crippen molar-refractivity contribution < 1.29 is 4.39 Å². The quantitative estimate of drug-likeness (QED) is 0.557. The zero-order valence-electron chi connectivity index (χ0n) is 8.06. The van der Waals surface area contributed by atoms with Gasteiger partial charge in [0.25, 0.3) is 0 Å². The molecule has 0 saturated carbocycles. The van der Waals surface area contributed by atoms with E-state index in [0.29, 0.717) is 23.4 Å². The van der Waals surface area contributed by atoms with Crippen LogP contribution in [0.1, 0.15) is 17.5 Å². The van der Waals surface area contributed by atoms with Crippen LogP contribution in [0.5, 0.6) is 0 Å². The first-order valence-electron chi connectivity index (χ1n) is 4.48. The van der Waals surface area contributed by atoms with E-state index in [1.165, 1.54) is 6.07 Å². The molecule has 0 atom stereocenters. The Morgan fingerprint density at radius 3 is 2.87 bits per heavy atom. The van der Waals surface area contributed by atoms with Gasteiger partial charge in [-0.3, -0.25) is 0 Å². The molecule has 1 aromatic rings. The van der Waals surface area contributed by atoms with Gasteiger partial charge in [0.1, 0.15) is 5.82 Å². The van der Waals surface area contributed by atoms with Crippen molar-refractivity contribution >= 4 is 11.6 Å². The highest BCUT2D eigenvalue weighted by Crippen LogP contribution is 2.10. The lowest BCUT2D eigenvalue weighted by Gasteiger charge is -1.98. The summed E-state index contributed by atoms with van der Waals surface area (Å²) in [5.41, 5.74) is 1.10. The van der Waals surface area contributed by atoms with E-state index < -0.39 is 0 Å². The summed E-state index contributed by atoms with van der Waals surface area (Å²) in [5.74, 6) is 5.84. The van der Waals surface area contributed by atoms with Gasteiger partial charge in [-0.25, -0.2) is 4.39 Å². The second-order valence-corrected chi connectivity index (χ2v) is 3.26. The Morgan fingerprint density at radius 1 is 1.40 bits per heavy atom. The smallest absolute Gasteiger partial charge is 0.127 e. The molecule has 0 aliphatic heterocycles. The summed E-state index contributed by atoms with van der Waals surface area (Å²) in [6, 6.07) is 6.43. The van der Waals surface area contributed by atoms with E-state index in [1.807, 2.05) is 6.07 Å². The molecule has 0 N–H and O–H groups in total. The van der Waals surface area contributed by atoms with Crippen LogP contribution in [0.15, 0.2) is 18.2 Å². The molecule has 0 bridgehead atoms. The van der Waals surface area contributed by atoms with Crippen molar-refractivity contribution in [3.63, 3.8) is 0 Å². The van der Waals surface area contributed by atoms with Crippen molar-refractivity contribution in [1.29, 1.82) is 5.26 Å². The van der Waals surface area contributed by atoms with E-state index in [2.05, 4.69) is 11.8 Å². The van der Waals surface area contributed by atoms with Crippen LogP contribution < -0.4 is 0 Å². The third-order valence-electron chi connectivity index (χ3n) is 1.77. The van der Waals surface area contributed by atoms with Gasteiger partial charge in [-0.05, 0) is 18.2 Å². The molecule has 0 aliphatic carbocycles. The number of hydrogen-bond acceptors (Lipinski definition) is 1. The Balaban J connectivity index is 2.89. The average molecular weight is 222 g/mol. The van der Waals surface area contributed by atoms with Gasteiger partial charge in [0.15, 0.2) is 0 Å². The molecule has 15 heavy (non-hydrogen) atoms. The maximum absolute atomic E-state index is 13.1. The molecule has 0 spiro atoms. The summed E-state index contributed by atoms with van der Waals surface area (Å²) in [6.07, 6.45) is 0.670. The van der Waals surface area contributed by atoms with Gasteiger partial charge in [0, 0.05) is 23.4 Å². The van der Waals surface area contributed by atoms with E-state index in [9.17, 15) is 4.39 Å². The van der Waals surface area contributed by atoms with Crippen molar-refractivity contribution in [2.24, 2.45) is 0 Å². The highest BCUT2D eigenvalue weighted by molar-refractivity contribution is 6.18. The first kappa shape index (κ1) is 11.6. The van der Waals surface area contributed by atoms with E-state index >= 15 is 0 Å². The number of alkyl halides is 1. The molecule has 0 fully saturated rings. The molecule has 0 heterocycles. The molecule has 76 valence electrons. The summed E-state index contributed by atoms with van der Waals surface area (Å²) in [4.78, 5) is 0. The molecular weight excluding hydrogens is 213 g/mol. The van der Waals surface area contributed by atoms with Gasteiger partial charge >= 0.3 is 0 Å². The minimum atomic E-state index is -0.362. The van der Waals surface area contributed by atoms with Gasteiger partial charge in [-0.15, -0.1) is 11.6 Å². The average Bonchev–Trinajstić information content (AvgIpc) is 2.23. The monoisotopic (exact) mass is 221 g/mol. The second-order valence-electron chi connectivity index (χ2n) is 2.88. The summed E-state index contributed by atoms with van der Waals surface area (Å²) in [7, 11) is 0.